The molecule has 0 radical (unpaired) electrons. The SMILES string of the molecule is CNCC(C)C(C)Cc1cccc2ccccc12. The molecule has 0 aromatic heterocycles. The van der Waals surface area contributed by atoms with Gasteiger partial charge in [-0.25, -0.2) is 0 Å². The molecule has 0 saturated carbocycles. The predicted octanol–water partition coefficient (Wildman–Crippen LogP) is 3.87. The Morgan fingerprint density at radius 2 is 1.67 bits per heavy atom. The first kappa shape index (κ1) is 13.1. The largest absolute Gasteiger partial charge is 0.319 e. The maximum atomic E-state index is 3.27. The molecule has 0 aliphatic carbocycles. The van der Waals surface area contributed by atoms with Crippen LogP contribution in [-0.4, -0.2) is 13.6 Å². The Morgan fingerprint density at radius 3 is 2.44 bits per heavy atom. The van der Waals surface area contributed by atoms with Crippen LogP contribution in [0.4, 0.5) is 0 Å². The van der Waals surface area contributed by atoms with Crippen molar-refractivity contribution in [1.82, 2.24) is 5.32 Å². The molecule has 2 unspecified atom stereocenters. The predicted molar refractivity (Wildman–Crippen MR) is 79.9 cm³/mol. The lowest BCUT2D eigenvalue weighted by molar-refractivity contribution is 0.375. The van der Waals surface area contributed by atoms with Gasteiger partial charge in [0.2, 0.25) is 0 Å². The summed E-state index contributed by atoms with van der Waals surface area (Å²) < 4.78 is 0. The van der Waals surface area contributed by atoms with Crippen LogP contribution in [0.5, 0.6) is 0 Å². The second kappa shape index (κ2) is 6.01. The smallest absolute Gasteiger partial charge is 0.00235 e. The van der Waals surface area contributed by atoms with Gasteiger partial charge in [0, 0.05) is 0 Å². The molecule has 2 aromatic rings. The second-order valence-electron chi connectivity index (χ2n) is 5.35. The highest BCUT2D eigenvalue weighted by atomic mass is 14.8. The van der Waals surface area contributed by atoms with Gasteiger partial charge in [-0.2, -0.15) is 0 Å². The van der Waals surface area contributed by atoms with Crippen LogP contribution >= 0.6 is 0 Å². The van der Waals surface area contributed by atoms with Crippen molar-refractivity contribution in [2.75, 3.05) is 13.6 Å². The van der Waals surface area contributed by atoms with E-state index in [-0.39, 0.29) is 0 Å². The average Bonchev–Trinajstić information content (AvgIpc) is 2.39. The van der Waals surface area contributed by atoms with Crippen LogP contribution in [0.25, 0.3) is 10.8 Å². The molecule has 1 N–H and O–H groups in total. The van der Waals surface area contributed by atoms with Gasteiger partial charge in [-0.15, -0.1) is 0 Å². The lowest BCUT2D eigenvalue weighted by Gasteiger charge is -2.20. The standard InChI is InChI=1S/C17H23N/c1-13(14(2)12-18-3)11-16-9-6-8-15-7-4-5-10-17(15)16/h4-10,13-14,18H,11-12H2,1-3H3. The van der Waals surface area contributed by atoms with E-state index in [1.54, 1.807) is 0 Å². The summed E-state index contributed by atoms with van der Waals surface area (Å²) in [5.74, 6) is 1.40. The summed E-state index contributed by atoms with van der Waals surface area (Å²) in [6.07, 6.45) is 1.16. The molecule has 1 heteroatoms. The van der Waals surface area contributed by atoms with Gasteiger partial charge in [0.1, 0.15) is 0 Å². The zero-order valence-electron chi connectivity index (χ0n) is 11.6. The minimum atomic E-state index is 0.697. The lowest BCUT2D eigenvalue weighted by Crippen LogP contribution is -2.23. The molecule has 0 spiro atoms. The van der Waals surface area contributed by atoms with Crippen LogP contribution in [0.2, 0.25) is 0 Å². The zero-order valence-corrected chi connectivity index (χ0v) is 11.6. The monoisotopic (exact) mass is 241 g/mol. The number of hydrogen-bond acceptors (Lipinski definition) is 1. The Balaban J connectivity index is 2.21. The Bertz CT molecular complexity index is 498. The molecule has 96 valence electrons. The van der Waals surface area contributed by atoms with Crippen LogP contribution in [-0.2, 0) is 6.42 Å². The molecule has 0 aliphatic heterocycles. The maximum absolute atomic E-state index is 3.27. The van der Waals surface area contributed by atoms with E-state index in [4.69, 9.17) is 0 Å². The number of hydrogen-bond donors (Lipinski definition) is 1. The Hall–Kier alpha value is -1.34. The van der Waals surface area contributed by atoms with Gasteiger partial charge >= 0.3 is 0 Å². The quantitative estimate of drug-likeness (QED) is 0.838. The van der Waals surface area contributed by atoms with E-state index in [1.165, 1.54) is 16.3 Å². The maximum Gasteiger partial charge on any atom is -0.00235 e. The second-order valence-corrected chi connectivity index (χ2v) is 5.35. The molecule has 0 heterocycles. The van der Waals surface area contributed by atoms with Gasteiger partial charge in [-0.05, 0) is 48.2 Å². The van der Waals surface area contributed by atoms with E-state index >= 15 is 0 Å². The Morgan fingerprint density at radius 1 is 0.944 bits per heavy atom. The van der Waals surface area contributed by atoms with Crippen molar-refractivity contribution < 1.29 is 0 Å². The minimum absolute atomic E-state index is 0.697. The van der Waals surface area contributed by atoms with Crippen molar-refractivity contribution in [2.24, 2.45) is 11.8 Å². The first-order valence-electron chi connectivity index (χ1n) is 6.83. The fraction of sp³-hybridized carbons (Fsp3) is 0.412. The molecule has 1 nitrogen and oxygen atoms in total. The molecule has 0 bridgehead atoms. The van der Waals surface area contributed by atoms with Crippen LogP contribution in [0.1, 0.15) is 19.4 Å². The first-order chi connectivity index (χ1) is 8.72. The first-order valence-corrected chi connectivity index (χ1v) is 6.83. The number of rotatable bonds is 5. The molecule has 2 atom stereocenters. The molecule has 0 fully saturated rings. The van der Waals surface area contributed by atoms with Crippen LogP contribution in [0.3, 0.4) is 0 Å². The Labute approximate surface area is 110 Å². The molecule has 0 saturated heterocycles. The summed E-state index contributed by atoms with van der Waals surface area (Å²) in [7, 11) is 2.03. The zero-order chi connectivity index (χ0) is 13.0. The van der Waals surface area contributed by atoms with Crippen molar-refractivity contribution in [2.45, 2.75) is 20.3 Å². The third-order valence-corrected chi connectivity index (χ3v) is 3.92. The van der Waals surface area contributed by atoms with Crippen molar-refractivity contribution >= 4 is 10.8 Å². The molecular weight excluding hydrogens is 218 g/mol. The van der Waals surface area contributed by atoms with E-state index in [2.05, 4.69) is 61.6 Å². The lowest BCUT2D eigenvalue weighted by atomic mass is 9.88. The van der Waals surface area contributed by atoms with E-state index in [9.17, 15) is 0 Å². The minimum Gasteiger partial charge on any atom is -0.319 e. The third kappa shape index (κ3) is 2.91. The summed E-state index contributed by atoms with van der Waals surface area (Å²) in [4.78, 5) is 0. The van der Waals surface area contributed by atoms with Crippen molar-refractivity contribution in [1.29, 1.82) is 0 Å². The molecule has 2 aromatic carbocycles. The molecule has 0 amide bonds. The fourth-order valence-corrected chi connectivity index (χ4v) is 2.54. The van der Waals surface area contributed by atoms with E-state index < -0.39 is 0 Å². The molecule has 18 heavy (non-hydrogen) atoms. The van der Waals surface area contributed by atoms with Gasteiger partial charge in [-0.3, -0.25) is 0 Å². The number of fused-ring (bicyclic) bond motifs is 1. The van der Waals surface area contributed by atoms with E-state index in [0.29, 0.717) is 11.8 Å². The summed E-state index contributed by atoms with van der Waals surface area (Å²) in [5, 5.41) is 6.03. The summed E-state index contributed by atoms with van der Waals surface area (Å²) >= 11 is 0. The van der Waals surface area contributed by atoms with Crippen molar-refractivity contribution in [3.05, 3.63) is 48.0 Å². The topological polar surface area (TPSA) is 12.0 Å². The number of nitrogens with one attached hydrogen (secondary N) is 1. The van der Waals surface area contributed by atoms with Gasteiger partial charge < -0.3 is 5.32 Å². The third-order valence-electron chi connectivity index (χ3n) is 3.92. The fourth-order valence-electron chi connectivity index (χ4n) is 2.54. The van der Waals surface area contributed by atoms with Crippen LogP contribution < -0.4 is 5.32 Å². The number of benzene rings is 2. The van der Waals surface area contributed by atoms with E-state index in [0.717, 1.165) is 13.0 Å². The van der Waals surface area contributed by atoms with Crippen LogP contribution in [0.15, 0.2) is 42.5 Å². The summed E-state index contributed by atoms with van der Waals surface area (Å²) in [6.45, 7) is 5.77. The normalized spacial score (nSPS) is 14.6. The van der Waals surface area contributed by atoms with E-state index in [1.807, 2.05) is 7.05 Å². The molecular formula is C17H23N. The van der Waals surface area contributed by atoms with Crippen molar-refractivity contribution in [3.8, 4) is 0 Å². The molecule has 0 aliphatic rings. The highest BCUT2D eigenvalue weighted by molar-refractivity contribution is 5.85. The Kier molecular flexibility index (Phi) is 4.38. The van der Waals surface area contributed by atoms with Crippen LogP contribution in [0, 0.1) is 11.8 Å². The average molecular weight is 241 g/mol. The highest BCUT2D eigenvalue weighted by Gasteiger charge is 2.13. The van der Waals surface area contributed by atoms with Gasteiger partial charge in [0.05, 0.1) is 0 Å². The van der Waals surface area contributed by atoms with Gasteiger partial charge in [0.25, 0.3) is 0 Å². The molecule has 2 rings (SSSR count). The van der Waals surface area contributed by atoms with Crippen molar-refractivity contribution in [3.63, 3.8) is 0 Å². The van der Waals surface area contributed by atoms with Gasteiger partial charge in [0.15, 0.2) is 0 Å². The summed E-state index contributed by atoms with van der Waals surface area (Å²) in [5.41, 5.74) is 1.48. The highest BCUT2D eigenvalue weighted by Crippen LogP contribution is 2.23. The summed E-state index contributed by atoms with van der Waals surface area (Å²) in [6, 6.07) is 15.3. The van der Waals surface area contributed by atoms with Gasteiger partial charge in [-0.1, -0.05) is 56.3 Å².